The Balaban J connectivity index is 1.37. The number of hydrogen-bond donors (Lipinski definition) is 1. The number of hydrogen-bond acceptors (Lipinski definition) is 5. The summed E-state index contributed by atoms with van der Waals surface area (Å²) in [6.45, 7) is 0. The Kier molecular flexibility index (Phi) is 12.1. The van der Waals surface area contributed by atoms with Gasteiger partial charge in [0.25, 0.3) is 0 Å². The molecule has 1 aliphatic rings. The minimum absolute atomic E-state index is 0.0614. The maximum atomic E-state index is 14.4. The number of ether oxygens (including phenoxy) is 2. The molecule has 0 spiro atoms. The van der Waals surface area contributed by atoms with Crippen molar-refractivity contribution in [3.63, 3.8) is 0 Å². The number of methoxy groups -OCH3 is 2. The Morgan fingerprint density at radius 2 is 1.28 bits per heavy atom. The maximum Gasteiger partial charge on any atom is 0.244 e. The fourth-order valence-corrected chi connectivity index (χ4v) is 8.48. The van der Waals surface area contributed by atoms with Crippen molar-refractivity contribution in [3.8, 4) is 11.5 Å². The Labute approximate surface area is 280 Å². The van der Waals surface area contributed by atoms with Crippen LogP contribution in [0.2, 0.25) is 0 Å². The van der Waals surface area contributed by atoms with Crippen molar-refractivity contribution in [1.82, 2.24) is 9.62 Å². The predicted octanol–water partition coefficient (Wildman–Crippen LogP) is 7.00. The van der Waals surface area contributed by atoms with Crippen LogP contribution in [0, 0.1) is 0 Å². The molecule has 4 aromatic rings. The third-order valence-electron chi connectivity index (χ3n) is 9.06. The molecule has 7 nitrogen and oxygen atoms in total. The number of benzene rings is 4. The Morgan fingerprint density at radius 1 is 0.745 bits per heavy atom. The summed E-state index contributed by atoms with van der Waals surface area (Å²) < 4.78 is 41.1. The Bertz CT molecular complexity index is 1620. The van der Waals surface area contributed by atoms with Gasteiger partial charge in [0.2, 0.25) is 15.9 Å². The second-order valence-corrected chi connectivity index (χ2v) is 14.1. The second-order valence-electron chi connectivity index (χ2n) is 12.2. The van der Waals surface area contributed by atoms with Gasteiger partial charge in [0.05, 0.1) is 19.1 Å². The normalized spacial score (nSPS) is 16.7. The van der Waals surface area contributed by atoms with Gasteiger partial charge in [-0.3, -0.25) is 4.79 Å². The van der Waals surface area contributed by atoms with Crippen molar-refractivity contribution in [2.24, 2.45) is 0 Å². The van der Waals surface area contributed by atoms with Gasteiger partial charge in [-0.15, -0.1) is 0 Å². The molecule has 8 heteroatoms. The number of rotatable bonds is 16. The van der Waals surface area contributed by atoms with E-state index in [-0.39, 0.29) is 22.9 Å². The zero-order valence-electron chi connectivity index (χ0n) is 27.4. The van der Waals surface area contributed by atoms with E-state index in [0.29, 0.717) is 30.8 Å². The van der Waals surface area contributed by atoms with Crippen LogP contribution < -0.4 is 14.8 Å². The lowest BCUT2D eigenvalue weighted by Crippen LogP contribution is -2.51. The van der Waals surface area contributed by atoms with Gasteiger partial charge in [-0.2, -0.15) is 4.31 Å². The van der Waals surface area contributed by atoms with Crippen LogP contribution in [0.3, 0.4) is 0 Å². The topological polar surface area (TPSA) is 84.9 Å². The van der Waals surface area contributed by atoms with E-state index in [1.807, 2.05) is 66.7 Å². The minimum Gasteiger partial charge on any atom is -0.493 e. The molecule has 2 atom stereocenters. The van der Waals surface area contributed by atoms with Gasteiger partial charge in [0.15, 0.2) is 11.5 Å². The standard InChI is InChI=1S/C39H46N2O5S/c1-45-37-27-25-35(29-38(37)46-2)47(43,44)41-34(28-32-18-10-5-11-19-32)24-26-36(41)39(42)40-33(22-12-20-30-14-6-3-7-15-30)23-13-21-31-16-8-4-9-17-31/h3-11,14-19,25,27,29,33-34,36H,12-13,20-24,26,28H2,1-2H3,(H,40,42)/t34-,36-/m0/s1. The number of nitrogens with zero attached hydrogens (tertiary/aromatic N) is 1. The molecule has 248 valence electrons. The van der Waals surface area contributed by atoms with Crippen LogP contribution >= 0.6 is 0 Å². The van der Waals surface area contributed by atoms with Crippen molar-refractivity contribution < 1.29 is 22.7 Å². The van der Waals surface area contributed by atoms with Gasteiger partial charge >= 0.3 is 0 Å². The molecule has 1 heterocycles. The molecular formula is C39H46N2O5S. The summed E-state index contributed by atoms with van der Waals surface area (Å²) in [5, 5.41) is 3.32. The van der Waals surface area contributed by atoms with Gasteiger partial charge in [0.1, 0.15) is 6.04 Å². The summed E-state index contributed by atoms with van der Waals surface area (Å²) in [7, 11) is -1.07. The number of sulfonamides is 1. The number of amides is 1. The van der Waals surface area contributed by atoms with E-state index in [1.165, 1.54) is 41.8 Å². The summed E-state index contributed by atoms with van der Waals surface area (Å²) in [4.78, 5) is 14.2. The SMILES string of the molecule is COc1ccc(S(=O)(=O)N2[C@H](Cc3ccccc3)CC[C@H]2C(=O)NC(CCCc2ccccc2)CCCc2ccccc2)cc1OC. The van der Waals surface area contributed by atoms with Gasteiger partial charge in [-0.1, -0.05) is 91.0 Å². The lowest BCUT2D eigenvalue weighted by atomic mass is 9.98. The molecule has 1 N–H and O–H groups in total. The van der Waals surface area contributed by atoms with Crippen molar-refractivity contribution in [1.29, 1.82) is 0 Å². The highest BCUT2D eigenvalue weighted by Gasteiger charge is 2.46. The average molecular weight is 655 g/mol. The summed E-state index contributed by atoms with van der Waals surface area (Å²) in [6.07, 6.45) is 6.90. The molecule has 0 unspecified atom stereocenters. The van der Waals surface area contributed by atoms with Crippen LogP contribution in [-0.2, 0) is 34.1 Å². The Hall–Kier alpha value is -4.14. The first-order valence-corrected chi connectivity index (χ1v) is 18.0. The third kappa shape index (κ3) is 9.02. The van der Waals surface area contributed by atoms with Gasteiger partial charge in [-0.05, 0) is 86.6 Å². The first-order chi connectivity index (χ1) is 22.9. The largest absolute Gasteiger partial charge is 0.493 e. The highest BCUT2D eigenvalue weighted by Crippen LogP contribution is 2.36. The van der Waals surface area contributed by atoms with Crippen LogP contribution in [0.15, 0.2) is 114 Å². The molecule has 0 radical (unpaired) electrons. The van der Waals surface area contributed by atoms with Crippen LogP contribution in [0.1, 0.15) is 55.2 Å². The Morgan fingerprint density at radius 3 is 1.81 bits per heavy atom. The molecule has 1 saturated heterocycles. The van der Waals surface area contributed by atoms with Gasteiger partial charge < -0.3 is 14.8 Å². The minimum atomic E-state index is -4.06. The number of carbonyl (C=O) groups excluding carboxylic acids is 1. The molecular weight excluding hydrogens is 609 g/mol. The first kappa shape index (κ1) is 34.2. The fraction of sp³-hybridized carbons (Fsp3) is 0.359. The zero-order valence-corrected chi connectivity index (χ0v) is 28.2. The molecule has 0 saturated carbocycles. The zero-order chi connectivity index (χ0) is 33.1. The van der Waals surface area contributed by atoms with Crippen LogP contribution in [0.25, 0.3) is 0 Å². The van der Waals surface area contributed by atoms with E-state index >= 15 is 0 Å². The lowest BCUT2D eigenvalue weighted by molar-refractivity contribution is -0.125. The summed E-state index contributed by atoms with van der Waals surface area (Å²) in [5.41, 5.74) is 3.58. The summed E-state index contributed by atoms with van der Waals surface area (Å²) in [5.74, 6) is 0.538. The molecule has 0 aromatic heterocycles. The van der Waals surface area contributed by atoms with Crippen molar-refractivity contribution in [2.45, 2.75) is 80.8 Å². The van der Waals surface area contributed by atoms with E-state index in [1.54, 1.807) is 6.07 Å². The smallest absolute Gasteiger partial charge is 0.244 e. The number of carbonyl (C=O) groups is 1. The van der Waals surface area contributed by atoms with E-state index < -0.39 is 16.1 Å². The van der Waals surface area contributed by atoms with E-state index in [4.69, 9.17) is 9.47 Å². The van der Waals surface area contributed by atoms with E-state index in [9.17, 15) is 13.2 Å². The molecule has 0 bridgehead atoms. The summed E-state index contributed by atoms with van der Waals surface area (Å²) >= 11 is 0. The van der Waals surface area contributed by atoms with Crippen LogP contribution in [0.4, 0.5) is 0 Å². The number of nitrogens with one attached hydrogen (secondary N) is 1. The molecule has 47 heavy (non-hydrogen) atoms. The number of aryl methyl sites for hydroxylation is 2. The fourth-order valence-electron chi connectivity index (χ4n) is 6.63. The molecule has 0 aliphatic carbocycles. The monoisotopic (exact) mass is 654 g/mol. The molecule has 5 rings (SSSR count). The van der Waals surface area contributed by atoms with Gasteiger partial charge in [0, 0.05) is 18.2 Å². The summed E-state index contributed by atoms with van der Waals surface area (Å²) in [6, 6.07) is 34.0. The average Bonchev–Trinajstić information content (AvgIpc) is 3.53. The molecule has 1 aliphatic heterocycles. The molecule has 4 aromatic carbocycles. The molecule has 1 amide bonds. The third-order valence-corrected chi connectivity index (χ3v) is 11.0. The predicted molar refractivity (Wildman–Crippen MR) is 186 cm³/mol. The quantitative estimate of drug-likeness (QED) is 0.141. The first-order valence-electron chi connectivity index (χ1n) is 16.6. The van der Waals surface area contributed by atoms with Crippen molar-refractivity contribution in [3.05, 3.63) is 126 Å². The van der Waals surface area contributed by atoms with Crippen LogP contribution in [0.5, 0.6) is 11.5 Å². The lowest BCUT2D eigenvalue weighted by Gasteiger charge is -2.30. The highest BCUT2D eigenvalue weighted by atomic mass is 32.2. The van der Waals surface area contributed by atoms with E-state index in [0.717, 1.165) is 44.1 Å². The van der Waals surface area contributed by atoms with Crippen LogP contribution in [-0.4, -0.2) is 51.0 Å². The van der Waals surface area contributed by atoms with E-state index in [2.05, 4.69) is 29.6 Å². The maximum absolute atomic E-state index is 14.4. The van der Waals surface area contributed by atoms with Crippen molar-refractivity contribution in [2.75, 3.05) is 14.2 Å². The second kappa shape index (κ2) is 16.6. The molecule has 1 fully saturated rings. The van der Waals surface area contributed by atoms with Crippen molar-refractivity contribution >= 4 is 15.9 Å². The highest BCUT2D eigenvalue weighted by molar-refractivity contribution is 7.89. The van der Waals surface area contributed by atoms with Gasteiger partial charge in [-0.25, -0.2) is 8.42 Å².